The number of aryl methyl sites for hydroxylation is 1. The zero-order chi connectivity index (χ0) is 10.7. The maximum atomic E-state index is 5.98. The SMILES string of the molecule is CCCCN[C@@H]1CCc2cc(Cl)ccc21. The molecule has 15 heavy (non-hydrogen) atoms. The second-order valence-electron chi connectivity index (χ2n) is 4.24. The van der Waals surface area contributed by atoms with E-state index in [-0.39, 0.29) is 0 Å². The number of benzene rings is 1. The highest BCUT2D eigenvalue weighted by molar-refractivity contribution is 6.30. The fourth-order valence-electron chi connectivity index (χ4n) is 2.25. The van der Waals surface area contributed by atoms with Crippen molar-refractivity contribution in [2.24, 2.45) is 0 Å². The third kappa shape index (κ3) is 2.53. The summed E-state index contributed by atoms with van der Waals surface area (Å²) >= 11 is 5.98. The predicted molar refractivity (Wildman–Crippen MR) is 65.4 cm³/mol. The summed E-state index contributed by atoms with van der Waals surface area (Å²) in [6.07, 6.45) is 4.91. The zero-order valence-corrected chi connectivity index (χ0v) is 9.98. The molecule has 0 saturated heterocycles. The third-order valence-corrected chi connectivity index (χ3v) is 3.34. The van der Waals surface area contributed by atoms with E-state index in [0.717, 1.165) is 11.6 Å². The van der Waals surface area contributed by atoms with Crippen LogP contribution in [0.15, 0.2) is 18.2 Å². The predicted octanol–water partition coefficient (Wildman–Crippen LogP) is 3.72. The maximum absolute atomic E-state index is 5.98. The van der Waals surface area contributed by atoms with Crippen LogP contribution in [0.1, 0.15) is 43.4 Å². The Kier molecular flexibility index (Phi) is 3.66. The Bertz CT molecular complexity index is 335. The molecule has 2 rings (SSSR count). The van der Waals surface area contributed by atoms with Crippen LogP contribution in [0, 0.1) is 0 Å². The van der Waals surface area contributed by atoms with Gasteiger partial charge in [0, 0.05) is 11.1 Å². The van der Waals surface area contributed by atoms with E-state index >= 15 is 0 Å². The normalized spacial score (nSPS) is 19.2. The molecule has 0 radical (unpaired) electrons. The van der Waals surface area contributed by atoms with E-state index in [1.165, 1.54) is 36.8 Å². The number of halogens is 1. The first kappa shape index (κ1) is 11.0. The van der Waals surface area contributed by atoms with Gasteiger partial charge in [0.05, 0.1) is 0 Å². The van der Waals surface area contributed by atoms with E-state index in [1.807, 2.05) is 6.07 Å². The summed E-state index contributed by atoms with van der Waals surface area (Å²) in [4.78, 5) is 0. The Morgan fingerprint density at radius 2 is 2.33 bits per heavy atom. The number of hydrogen-bond acceptors (Lipinski definition) is 1. The van der Waals surface area contributed by atoms with Crippen LogP contribution in [0.5, 0.6) is 0 Å². The standard InChI is InChI=1S/C13H18ClN/c1-2-3-8-15-13-7-4-10-9-11(14)5-6-12(10)13/h5-6,9,13,15H,2-4,7-8H2,1H3/t13-/m1/s1. The van der Waals surface area contributed by atoms with Gasteiger partial charge >= 0.3 is 0 Å². The van der Waals surface area contributed by atoms with Gasteiger partial charge in [-0.1, -0.05) is 31.0 Å². The van der Waals surface area contributed by atoms with E-state index in [1.54, 1.807) is 0 Å². The number of fused-ring (bicyclic) bond motifs is 1. The largest absolute Gasteiger partial charge is 0.310 e. The molecule has 1 aliphatic rings. The molecule has 2 heteroatoms. The monoisotopic (exact) mass is 223 g/mol. The van der Waals surface area contributed by atoms with E-state index in [4.69, 9.17) is 11.6 Å². The smallest absolute Gasteiger partial charge is 0.0408 e. The number of rotatable bonds is 4. The molecule has 1 atom stereocenters. The quantitative estimate of drug-likeness (QED) is 0.768. The molecule has 1 aliphatic carbocycles. The van der Waals surface area contributed by atoms with Crippen LogP contribution >= 0.6 is 11.6 Å². The number of nitrogens with one attached hydrogen (secondary N) is 1. The molecule has 0 bridgehead atoms. The molecular weight excluding hydrogens is 206 g/mol. The molecule has 0 spiro atoms. The Hall–Kier alpha value is -0.530. The van der Waals surface area contributed by atoms with Gasteiger partial charge in [0.2, 0.25) is 0 Å². The first-order valence-electron chi connectivity index (χ1n) is 5.83. The van der Waals surface area contributed by atoms with Gasteiger partial charge in [-0.25, -0.2) is 0 Å². The second-order valence-corrected chi connectivity index (χ2v) is 4.68. The van der Waals surface area contributed by atoms with Crippen LogP contribution < -0.4 is 5.32 Å². The van der Waals surface area contributed by atoms with Crippen LogP contribution in [-0.4, -0.2) is 6.54 Å². The van der Waals surface area contributed by atoms with E-state index in [0.29, 0.717) is 6.04 Å². The van der Waals surface area contributed by atoms with E-state index in [9.17, 15) is 0 Å². The molecule has 0 unspecified atom stereocenters. The average Bonchev–Trinajstić information content (AvgIpc) is 2.61. The minimum Gasteiger partial charge on any atom is -0.310 e. The molecule has 0 aromatic heterocycles. The highest BCUT2D eigenvalue weighted by Crippen LogP contribution is 2.32. The molecule has 1 nitrogen and oxygen atoms in total. The van der Waals surface area contributed by atoms with Crippen LogP contribution in [0.25, 0.3) is 0 Å². The zero-order valence-electron chi connectivity index (χ0n) is 9.22. The minimum atomic E-state index is 0.559. The fourth-order valence-corrected chi connectivity index (χ4v) is 2.45. The summed E-state index contributed by atoms with van der Waals surface area (Å²) in [6, 6.07) is 6.84. The minimum absolute atomic E-state index is 0.559. The lowest BCUT2D eigenvalue weighted by Gasteiger charge is -2.13. The Morgan fingerprint density at radius 1 is 1.47 bits per heavy atom. The highest BCUT2D eigenvalue weighted by atomic mass is 35.5. The second kappa shape index (κ2) is 5.00. The fraction of sp³-hybridized carbons (Fsp3) is 0.538. The summed E-state index contributed by atoms with van der Waals surface area (Å²) in [5.41, 5.74) is 2.88. The lowest BCUT2D eigenvalue weighted by molar-refractivity contribution is 0.518. The van der Waals surface area contributed by atoms with Crippen molar-refractivity contribution >= 4 is 11.6 Å². The van der Waals surface area contributed by atoms with Gasteiger partial charge in [0.1, 0.15) is 0 Å². The Morgan fingerprint density at radius 3 is 3.13 bits per heavy atom. The van der Waals surface area contributed by atoms with Gasteiger partial charge in [-0.15, -0.1) is 0 Å². The van der Waals surface area contributed by atoms with Crippen LogP contribution in [0.4, 0.5) is 0 Å². The molecule has 1 aromatic carbocycles. The van der Waals surface area contributed by atoms with E-state index < -0.39 is 0 Å². The van der Waals surface area contributed by atoms with Gasteiger partial charge in [0.25, 0.3) is 0 Å². The van der Waals surface area contributed by atoms with Crippen molar-refractivity contribution in [3.8, 4) is 0 Å². The van der Waals surface area contributed by atoms with Gasteiger partial charge in [-0.3, -0.25) is 0 Å². The topological polar surface area (TPSA) is 12.0 Å². The Balaban J connectivity index is 2.02. The summed E-state index contributed by atoms with van der Waals surface area (Å²) in [5.74, 6) is 0. The van der Waals surface area contributed by atoms with Crippen molar-refractivity contribution in [1.82, 2.24) is 5.32 Å². The van der Waals surface area contributed by atoms with Gasteiger partial charge < -0.3 is 5.32 Å². The molecule has 0 aliphatic heterocycles. The molecule has 1 N–H and O–H groups in total. The van der Waals surface area contributed by atoms with Crippen molar-refractivity contribution in [3.63, 3.8) is 0 Å². The maximum Gasteiger partial charge on any atom is 0.0408 e. The molecule has 1 aromatic rings. The molecule has 82 valence electrons. The molecule has 0 fully saturated rings. The number of unbranched alkanes of at least 4 members (excludes halogenated alkanes) is 1. The van der Waals surface area contributed by atoms with Crippen molar-refractivity contribution in [3.05, 3.63) is 34.3 Å². The molecule has 0 amide bonds. The molecule has 0 heterocycles. The molecule has 0 saturated carbocycles. The molecular formula is C13H18ClN. The van der Waals surface area contributed by atoms with Crippen molar-refractivity contribution in [2.45, 2.75) is 38.6 Å². The van der Waals surface area contributed by atoms with Crippen LogP contribution in [-0.2, 0) is 6.42 Å². The van der Waals surface area contributed by atoms with Gasteiger partial charge in [-0.2, -0.15) is 0 Å². The lowest BCUT2D eigenvalue weighted by Crippen LogP contribution is -2.20. The summed E-state index contributed by atoms with van der Waals surface area (Å²) in [5, 5.41) is 4.48. The van der Waals surface area contributed by atoms with Crippen molar-refractivity contribution in [2.75, 3.05) is 6.54 Å². The van der Waals surface area contributed by atoms with Crippen molar-refractivity contribution < 1.29 is 0 Å². The average molecular weight is 224 g/mol. The number of hydrogen-bond donors (Lipinski definition) is 1. The summed E-state index contributed by atoms with van der Waals surface area (Å²) in [6.45, 7) is 3.35. The summed E-state index contributed by atoms with van der Waals surface area (Å²) in [7, 11) is 0. The lowest BCUT2D eigenvalue weighted by atomic mass is 10.1. The highest BCUT2D eigenvalue weighted by Gasteiger charge is 2.21. The van der Waals surface area contributed by atoms with E-state index in [2.05, 4.69) is 24.4 Å². The third-order valence-electron chi connectivity index (χ3n) is 3.10. The van der Waals surface area contributed by atoms with Gasteiger partial charge in [0.15, 0.2) is 0 Å². The van der Waals surface area contributed by atoms with Crippen LogP contribution in [0.2, 0.25) is 5.02 Å². The van der Waals surface area contributed by atoms with Crippen molar-refractivity contribution in [1.29, 1.82) is 0 Å². The summed E-state index contributed by atoms with van der Waals surface area (Å²) < 4.78 is 0. The first-order valence-corrected chi connectivity index (χ1v) is 6.20. The van der Waals surface area contributed by atoms with Gasteiger partial charge in [-0.05, 0) is 49.1 Å². The first-order chi connectivity index (χ1) is 7.31. The Labute approximate surface area is 96.8 Å². The van der Waals surface area contributed by atoms with Crippen LogP contribution in [0.3, 0.4) is 0 Å².